The molecule has 1 aromatic rings. The van der Waals surface area contributed by atoms with E-state index in [0.29, 0.717) is 22.2 Å². The number of hydrogen-bond acceptors (Lipinski definition) is 4. The normalized spacial score (nSPS) is 20.2. The largest absolute Gasteiger partial charge is 0.482 e. The van der Waals surface area contributed by atoms with Crippen molar-refractivity contribution in [1.82, 2.24) is 4.90 Å². The average Bonchev–Trinajstić information content (AvgIpc) is 2.77. The van der Waals surface area contributed by atoms with E-state index in [0.717, 1.165) is 0 Å². The summed E-state index contributed by atoms with van der Waals surface area (Å²) in [6.45, 7) is -0.200. The third kappa shape index (κ3) is 4.25. The van der Waals surface area contributed by atoms with Gasteiger partial charge in [0.1, 0.15) is 5.75 Å². The summed E-state index contributed by atoms with van der Waals surface area (Å²) in [7, 11) is -1.44. The van der Waals surface area contributed by atoms with Gasteiger partial charge < -0.3 is 9.64 Å². The highest BCUT2D eigenvalue weighted by Gasteiger charge is 2.32. The molecule has 1 fully saturated rings. The van der Waals surface area contributed by atoms with Gasteiger partial charge in [-0.3, -0.25) is 4.79 Å². The zero-order valence-corrected chi connectivity index (χ0v) is 13.7. The maximum absolute atomic E-state index is 12.0. The number of nitrogens with zero attached hydrogens (tertiary/aromatic N) is 1. The maximum atomic E-state index is 12.0. The number of halogens is 2. The van der Waals surface area contributed by atoms with E-state index in [4.69, 9.17) is 27.9 Å². The second-order valence-corrected chi connectivity index (χ2v) is 8.00. The third-order valence-electron chi connectivity index (χ3n) is 3.39. The van der Waals surface area contributed by atoms with Gasteiger partial charge in [-0.1, -0.05) is 23.2 Å². The van der Waals surface area contributed by atoms with Gasteiger partial charge in [0, 0.05) is 18.1 Å². The van der Waals surface area contributed by atoms with Gasteiger partial charge in [0.15, 0.2) is 16.4 Å². The molecule has 1 saturated heterocycles. The molecule has 0 N–H and O–H groups in total. The molecule has 21 heavy (non-hydrogen) atoms. The molecule has 1 heterocycles. The Balaban J connectivity index is 1.92. The predicted octanol–water partition coefficient (Wildman–Crippen LogP) is 2.02. The summed E-state index contributed by atoms with van der Waals surface area (Å²) in [5, 5.41) is 0.799. The summed E-state index contributed by atoms with van der Waals surface area (Å²) in [5.41, 5.74) is 0. The van der Waals surface area contributed by atoms with Crippen molar-refractivity contribution in [1.29, 1.82) is 0 Å². The highest BCUT2D eigenvalue weighted by Crippen LogP contribution is 2.27. The summed E-state index contributed by atoms with van der Waals surface area (Å²) in [5.74, 6) is 0.209. The van der Waals surface area contributed by atoms with Crippen LogP contribution in [0.15, 0.2) is 18.2 Å². The number of likely N-dealkylation sites (N-methyl/N-ethyl adjacent to an activating group) is 1. The van der Waals surface area contributed by atoms with E-state index >= 15 is 0 Å². The molecule has 1 atom stereocenters. The lowest BCUT2D eigenvalue weighted by atomic mass is 10.2. The maximum Gasteiger partial charge on any atom is 0.260 e. The van der Waals surface area contributed by atoms with Gasteiger partial charge in [-0.25, -0.2) is 8.42 Å². The molecular weight excluding hydrogens is 337 g/mol. The number of ether oxygens (including phenoxy) is 1. The van der Waals surface area contributed by atoms with Crippen LogP contribution in [-0.2, 0) is 14.6 Å². The van der Waals surface area contributed by atoms with E-state index in [9.17, 15) is 13.2 Å². The molecular formula is C13H15Cl2NO4S. The first-order valence-electron chi connectivity index (χ1n) is 6.32. The second kappa shape index (κ2) is 6.42. The van der Waals surface area contributed by atoms with Gasteiger partial charge in [0.25, 0.3) is 5.91 Å². The van der Waals surface area contributed by atoms with Crippen molar-refractivity contribution in [3.8, 4) is 5.75 Å². The van der Waals surface area contributed by atoms with E-state index in [1.54, 1.807) is 19.2 Å². The lowest BCUT2D eigenvalue weighted by molar-refractivity contribution is -0.133. The fourth-order valence-corrected chi connectivity index (χ4v) is 4.36. The van der Waals surface area contributed by atoms with Crippen LogP contribution in [0.4, 0.5) is 0 Å². The summed E-state index contributed by atoms with van der Waals surface area (Å²) in [6.07, 6.45) is 0.465. The molecule has 0 bridgehead atoms. The quantitative estimate of drug-likeness (QED) is 0.832. The van der Waals surface area contributed by atoms with Crippen molar-refractivity contribution in [3.63, 3.8) is 0 Å². The number of hydrogen-bond donors (Lipinski definition) is 0. The predicted molar refractivity (Wildman–Crippen MR) is 81.8 cm³/mol. The molecule has 0 saturated carbocycles. The Morgan fingerprint density at radius 1 is 1.43 bits per heavy atom. The Labute approximate surface area is 133 Å². The van der Waals surface area contributed by atoms with Crippen LogP contribution in [0, 0.1) is 0 Å². The van der Waals surface area contributed by atoms with Gasteiger partial charge in [-0.2, -0.15) is 0 Å². The number of carbonyl (C=O) groups is 1. The Bertz CT molecular complexity index is 648. The SMILES string of the molecule is CN(C(=O)COc1ccc(Cl)cc1Cl)[C@@H]1CCS(=O)(=O)C1. The third-order valence-corrected chi connectivity index (χ3v) is 5.68. The second-order valence-electron chi connectivity index (χ2n) is 4.92. The Hall–Kier alpha value is -0.980. The Morgan fingerprint density at radius 2 is 2.14 bits per heavy atom. The van der Waals surface area contributed by atoms with Crippen molar-refractivity contribution in [2.75, 3.05) is 25.2 Å². The monoisotopic (exact) mass is 351 g/mol. The minimum atomic E-state index is -3.02. The molecule has 0 radical (unpaired) electrons. The van der Waals surface area contributed by atoms with Crippen LogP contribution >= 0.6 is 23.2 Å². The summed E-state index contributed by atoms with van der Waals surface area (Å²) >= 11 is 11.7. The minimum Gasteiger partial charge on any atom is -0.482 e. The highest BCUT2D eigenvalue weighted by molar-refractivity contribution is 7.91. The molecule has 1 aromatic carbocycles. The van der Waals surface area contributed by atoms with Crippen molar-refractivity contribution in [3.05, 3.63) is 28.2 Å². The van der Waals surface area contributed by atoms with E-state index in [2.05, 4.69) is 0 Å². The van der Waals surface area contributed by atoms with Crippen LogP contribution in [0.3, 0.4) is 0 Å². The number of sulfone groups is 1. The highest BCUT2D eigenvalue weighted by atomic mass is 35.5. The number of benzene rings is 1. The first kappa shape index (κ1) is 16.4. The zero-order valence-electron chi connectivity index (χ0n) is 11.4. The van der Waals surface area contributed by atoms with E-state index in [1.807, 2.05) is 0 Å². The van der Waals surface area contributed by atoms with E-state index in [1.165, 1.54) is 11.0 Å². The number of rotatable bonds is 4. The van der Waals surface area contributed by atoms with Crippen LogP contribution < -0.4 is 4.74 Å². The molecule has 116 valence electrons. The molecule has 1 aliphatic rings. The van der Waals surface area contributed by atoms with Crippen LogP contribution in [-0.4, -0.2) is 50.4 Å². The fourth-order valence-electron chi connectivity index (χ4n) is 2.12. The summed E-state index contributed by atoms with van der Waals surface area (Å²) < 4.78 is 28.2. The number of carbonyl (C=O) groups excluding carboxylic acids is 1. The fraction of sp³-hybridized carbons (Fsp3) is 0.462. The number of amides is 1. The van der Waals surface area contributed by atoms with Gasteiger partial charge in [-0.15, -0.1) is 0 Å². The first-order chi connectivity index (χ1) is 9.78. The molecule has 5 nitrogen and oxygen atoms in total. The van der Waals surface area contributed by atoms with E-state index in [-0.39, 0.29) is 30.1 Å². The van der Waals surface area contributed by atoms with Gasteiger partial charge in [-0.05, 0) is 24.6 Å². The molecule has 8 heteroatoms. The smallest absolute Gasteiger partial charge is 0.260 e. The first-order valence-corrected chi connectivity index (χ1v) is 8.90. The van der Waals surface area contributed by atoms with Gasteiger partial charge >= 0.3 is 0 Å². The molecule has 2 rings (SSSR count). The zero-order chi connectivity index (χ0) is 15.6. The lowest BCUT2D eigenvalue weighted by Crippen LogP contribution is -2.40. The molecule has 1 aliphatic heterocycles. The van der Waals surface area contributed by atoms with Crippen LogP contribution in [0.25, 0.3) is 0 Å². The van der Waals surface area contributed by atoms with Crippen molar-refractivity contribution < 1.29 is 17.9 Å². The Kier molecular flexibility index (Phi) is 5.01. The molecule has 0 spiro atoms. The van der Waals surface area contributed by atoms with Crippen LogP contribution in [0.1, 0.15) is 6.42 Å². The van der Waals surface area contributed by atoms with Crippen molar-refractivity contribution >= 4 is 38.9 Å². The standard InChI is InChI=1S/C13H15Cl2NO4S/c1-16(10-4-5-21(18,19)8-10)13(17)7-20-12-3-2-9(14)6-11(12)15/h2-3,6,10H,4-5,7-8H2,1H3/t10-/m1/s1. The molecule has 1 amide bonds. The summed E-state index contributed by atoms with van der Waals surface area (Å²) in [6, 6.07) is 4.43. The van der Waals surface area contributed by atoms with Crippen LogP contribution in [0.2, 0.25) is 10.0 Å². The average molecular weight is 352 g/mol. The summed E-state index contributed by atoms with van der Waals surface area (Å²) in [4.78, 5) is 13.5. The van der Waals surface area contributed by atoms with Gasteiger partial charge in [0.05, 0.1) is 16.5 Å². The lowest BCUT2D eigenvalue weighted by Gasteiger charge is -2.23. The van der Waals surface area contributed by atoms with Crippen molar-refractivity contribution in [2.24, 2.45) is 0 Å². The molecule has 0 aromatic heterocycles. The Morgan fingerprint density at radius 3 is 2.71 bits per heavy atom. The van der Waals surface area contributed by atoms with E-state index < -0.39 is 9.84 Å². The minimum absolute atomic E-state index is 0.0109. The van der Waals surface area contributed by atoms with Crippen molar-refractivity contribution in [2.45, 2.75) is 12.5 Å². The topological polar surface area (TPSA) is 63.7 Å². The van der Waals surface area contributed by atoms with Gasteiger partial charge in [0.2, 0.25) is 0 Å². The molecule has 0 unspecified atom stereocenters. The van der Waals surface area contributed by atoms with Crippen LogP contribution in [0.5, 0.6) is 5.75 Å². The molecule has 0 aliphatic carbocycles.